The van der Waals surface area contributed by atoms with E-state index < -0.39 is 0 Å². The van der Waals surface area contributed by atoms with Crippen LogP contribution in [0.25, 0.3) is 0 Å². The van der Waals surface area contributed by atoms with Crippen LogP contribution in [0.3, 0.4) is 0 Å². The van der Waals surface area contributed by atoms with Gasteiger partial charge in [-0.05, 0) is 43.6 Å². The molecule has 0 saturated carbocycles. The summed E-state index contributed by atoms with van der Waals surface area (Å²) in [5.41, 5.74) is 0.222. The predicted molar refractivity (Wildman–Crippen MR) is 79.6 cm³/mol. The molecule has 6 heteroatoms. The lowest BCUT2D eigenvalue weighted by Gasteiger charge is -2.32. The average Bonchev–Trinajstić information content (AvgIpc) is 2.66. The fraction of sp³-hybridized carbons (Fsp3) is 0.750. The molecule has 0 atom stereocenters. The van der Waals surface area contributed by atoms with Crippen molar-refractivity contribution in [2.45, 2.75) is 58.7 Å². The summed E-state index contributed by atoms with van der Waals surface area (Å²) in [5.74, 6) is 0.419. The van der Waals surface area contributed by atoms with Crippen molar-refractivity contribution in [2.75, 3.05) is 0 Å². The zero-order chi connectivity index (χ0) is 13.7. The van der Waals surface area contributed by atoms with Gasteiger partial charge in [-0.15, -0.1) is 11.3 Å². The Bertz CT molecular complexity index is 443. The first-order chi connectivity index (χ1) is 8.14. The van der Waals surface area contributed by atoms with Crippen LogP contribution in [0, 0.1) is 0 Å². The highest BCUT2D eigenvalue weighted by Crippen LogP contribution is 2.37. The highest BCUT2D eigenvalue weighted by atomic mass is 79.9. The molecule has 1 aromatic rings. The number of aromatic nitrogens is 1. The number of nitrogens with zero attached hydrogens (tertiary/aromatic N) is 1. The van der Waals surface area contributed by atoms with Gasteiger partial charge in [0.15, 0.2) is 0 Å². The SMILES string of the molecule is CC(C)c1nc(B2OC(C)(C)C(C)(C)O2)c(Br)s1. The maximum absolute atomic E-state index is 6.02. The molecule has 2 heterocycles. The second-order valence-electron chi connectivity index (χ2n) is 5.95. The van der Waals surface area contributed by atoms with Gasteiger partial charge in [-0.1, -0.05) is 13.8 Å². The lowest BCUT2D eigenvalue weighted by Crippen LogP contribution is -2.41. The smallest absolute Gasteiger partial charge is 0.398 e. The molecule has 1 saturated heterocycles. The summed E-state index contributed by atoms with van der Waals surface area (Å²) in [6.45, 7) is 12.5. The summed E-state index contributed by atoms with van der Waals surface area (Å²) in [6, 6.07) is 0. The van der Waals surface area contributed by atoms with Gasteiger partial charge in [-0.25, -0.2) is 4.98 Å². The zero-order valence-electron chi connectivity index (χ0n) is 11.7. The summed E-state index contributed by atoms with van der Waals surface area (Å²) in [7, 11) is -0.381. The molecule has 18 heavy (non-hydrogen) atoms. The standard InChI is InChI=1S/C12H19BBrNO2S/c1-7(2)10-15-8(9(14)18-10)13-16-11(3,4)12(5,6)17-13/h7H,1-6H3. The molecule has 0 bridgehead atoms. The van der Waals surface area contributed by atoms with E-state index in [1.165, 1.54) is 0 Å². The average molecular weight is 332 g/mol. The maximum Gasteiger partial charge on any atom is 0.516 e. The summed E-state index contributed by atoms with van der Waals surface area (Å²) in [4.78, 5) is 4.64. The Morgan fingerprint density at radius 1 is 1.17 bits per heavy atom. The molecule has 1 aromatic heterocycles. The van der Waals surface area contributed by atoms with Crippen molar-refractivity contribution in [3.8, 4) is 0 Å². The van der Waals surface area contributed by atoms with E-state index in [-0.39, 0.29) is 18.3 Å². The van der Waals surface area contributed by atoms with Gasteiger partial charge in [-0.2, -0.15) is 0 Å². The first kappa shape index (κ1) is 14.5. The molecule has 3 nitrogen and oxygen atoms in total. The predicted octanol–water partition coefficient (Wildman–Crippen LogP) is 3.33. The molecule has 0 spiro atoms. The molecular weight excluding hydrogens is 313 g/mol. The minimum absolute atomic E-state index is 0.321. The van der Waals surface area contributed by atoms with Crippen LogP contribution in [-0.4, -0.2) is 23.3 Å². The molecule has 1 fully saturated rings. The fourth-order valence-corrected chi connectivity index (χ4v) is 3.26. The van der Waals surface area contributed by atoms with Gasteiger partial charge in [0, 0.05) is 5.92 Å². The molecule has 0 aliphatic carbocycles. The van der Waals surface area contributed by atoms with Crippen LogP contribution in [0.4, 0.5) is 0 Å². The largest absolute Gasteiger partial charge is 0.516 e. The molecule has 0 aromatic carbocycles. The molecule has 0 amide bonds. The van der Waals surface area contributed by atoms with Crippen LogP contribution in [-0.2, 0) is 9.31 Å². The fourth-order valence-electron chi connectivity index (χ4n) is 1.68. The Morgan fingerprint density at radius 3 is 2.06 bits per heavy atom. The van der Waals surface area contributed by atoms with Crippen LogP contribution in [0.2, 0.25) is 0 Å². The van der Waals surface area contributed by atoms with Gasteiger partial charge < -0.3 is 9.31 Å². The van der Waals surface area contributed by atoms with E-state index in [1.807, 2.05) is 0 Å². The van der Waals surface area contributed by atoms with Crippen LogP contribution in [0.1, 0.15) is 52.5 Å². The van der Waals surface area contributed by atoms with Gasteiger partial charge in [0.25, 0.3) is 0 Å². The van der Waals surface area contributed by atoms with Gasteiger partial charge in [0.2, 0.25) is 0 Å². The van der Waals surface area contributed by atoms with Gasteiger partial charge in [0.05, 0.1) is 25.6 Å². The zero-order valence-corrected chi connectivity index (χ0v) is 14.1. The van der Waals surface area contributed by atoms with Crippen molar-refractivity contribution in [3.63, 3.8) is 0 Å². The second kappa shape index (κ2) is 4.58. The van der Waals surface area contributed by atoms with E-state index in [1.54, 1.807) is 11.3 Å². The lowest BCUT2D eigenvalue weighted by atomic mass is 9.86. The van der Waals surface area contributed by atoms with Crippen molar-refractivity contribution in [1.82, 2.24) is 4.98 Å². The summed E-state index contributed by atoms with van der Waals surface area (Å²) >= 11 is 5.22. The lowest BCUT2D eigenvalue weighted by molar-refractivity contribution is 0.00578. The van der Waals surface area contributed by atoms with Gasteiger partial charge in [0.1, 0.15) is 0 Å². The highest BCUT2D eigenvalue weighted by Gasteiger charge is 2.53. The number of hydrogen-bond donors (Lipinski definition) is 0. The van der Waals surface area contributed by atoms with Gasteiger partial charge >= 0.3 is 7.12 Å². The molecule has 0 N–H and O–H groups in total. The monoisotopic (exact) mass is 331 g/mol. The summed E-state index contributed by atoms with van der Waals surface area (Å²) in [5, 5.41) is 1.10. The highest BCUT2D eigenvalue weighted by molar-refractivity contribution is 9.11. The number of hydrogen-bond acceptors (Lipinski definition) is 4. The summed E-state index contributed by atoms with van der Waals surface area (Å²) in [6.07, 6.45) is 0. The Hall–Kier alpha value is 0.0949. The van der Waals surface area contributed by atoms with Crippen LogP contribution < -0.4 is 5.59 Å². The third kappa shape index (κ3) is 2.40. The molecule has 1 aliphatic rings. The molecule has 0 radical (unpaired) electrons. The Balaban J connectivity index is 2.30. The van der Waals surface area contributed by atoms with E-state index in [0.29, 0.717) is 5.92 Å². The number of rotatable bonds is 2. The molecule has 2 rings (SSSR count). The first-order valence-corrected chi connectivity index (χ1v) is 7.77. The summed E-state index contributed by atoms with van der Waals surface area (Å²) < 4.78 is 13.0. The van der Waals surface area contributed by atoms with E-state index in [4.69, 9.17) is 9.31 Å². The minimum atomic E-state index is -0.381. The second-order valence-corrected chi connectivity index (χ2v) is 8.30. The minimum Gasteiger partial charge on any atom is -0.398 e. The quantitative estimate of drug-likeness (QED) is 0.779. The van der Waals surface area contributed by atoms with E-state index in [0.717, 1.165) is 14.4 Å². The van der Waals surface area contributed by atoms with Crippen molar-refractivity contribution in [2.24, 2.45) is 0 Å². The van der Waals surface area contributed by atoms with Crippen molar-refractivity contribution in [1.29, 1.82) is 0 Å². The van der Waals surface area contributed by atoms with Crippen molar-refractivity contribution in [3.05, 3.63) is 8.79 Å². The normalized spacial score (nSPS) is 21.9. The molecule has 1 aliphatic heterocycles. The van der Waals surface area contributed by atoms with Crippen LogP contribution in [0.15, 0.2) is 3.79 Å². The Kier molecular flexibility index (Phi) is 3.69. The van der Waals surface area contributed by atoms with E-state index >= 15 is 0 Å². The van der Waals surface area contributed by atoms with E-state index in [9.17, 15) is 0 Å². The van der Waals surface area contributed by atoms with Crippen molar-refractivity contribution >= 4 is 40.0 Å². The van der Waals surface area contributed by atoms with Crippen LogP contribution >= 0.6 is 27.3 Å². The third-order valence-corrected chi connectivity index (χ3v) is 5.65. The topological polar surface area (TPSA) is 31.4 Å². The first-order valence-electron chi connectivity index (χ1n) is 6.16. The number of thiazole rings is 1. The number of halogens is 1. The Morgan fingerprint density at radius 2 is 1.67 bits per heavy atom. The molecule has 0 unspecified atom stereocenters. The van der Waals surface area contributed by atoms with Crippen molar-refractivity contribution < 1.29 is 9.31 Å². The van der Waals surface area contributed by atoms with E-state index in [2.05, 4.69) is 62.5 Å². The molecular formula is C12H19BBrNO2S. The maximum atomic E-state index is 6.02. The third-order valence-electron chi connectivity index (χ3n) is 3.60. The van der Waals surface area contributed by atoms with Crippen LogP contribution in [0.5, 0.6) is 0 Å². The van der Waals surface area contributed by atoms with Gasteiger partial charge in [-0.3, -0.25) is 0 Å². The Labute approximate surface area is 122 Å². The molecule has 100 valence electrons.